The molecule has 0 saturated heterocycles. The minimum atomic E-state index is -0.974. The van der Waals surface area contributed by atoms with E-state index < -0.39 is 28.8 Å². The zero-order chi connectivity index (χ0) is 15.6. The first kappa shape index (κ1) is 14.9. The summed E-state index contributed by atoms with van der Waals surface area (Å²) in [5.41, 5.74) is -0.479. The van der Waals surface area contributed by atoms with Gasteiger partial charge in [0.25, 0.3) is 11.6 Å². The normalized spacial score (nSPS) is 20.2. The summed E-state index contributed by atoms with van der Waals surface area (Å²) in [6.07, 6.45) is 4.23. The van der Waals surface area contributed by atoms with Crippen LogP contribution in [0.25, 0.3) is 0 Å². The molecular formula is C12H10ClN3O5. The molecule has 9 heteroatoms. The van der Waals surface area contributed by atoms with Crippen LogP contribution in [0.1, 0.15) is 16.8 Å². The average molecular weight is 312 g/mol. The standard InChI is InChI=1S/C12H10ClN3O5/c13-10-9(4-8(5-14-10)16(20)21)11(17)15-7-2-1-6(3-7)12(18)19/h1-2,4-7H,3H2,(H,15,17)(H,18,19). The van der Waals surface area contributed by atoms with Gasteiger partial charge < -0.3 is 10.4 Å². The van der Waals surface area contributed by atoms with Crippen molar-refractivity contribution < 1.29 is 19.6 Å². The van der Waals surface area contributed by atoms with E-state index in [1.54, 1.807) is 6.08 Å². The number of carbonyl (C=O) groups is 2. The van der Waals surface area contributed by atoms with E-state index >= 15 is 0 Å². The van der Waals surface area contributed by atoms with Crippen LogP contribution in [0.15, 0.2) is 24.4 Å². The van der Waals surface area contributed by atoms with E-state index in [9.17, 15) is 19.7 Å². The van der Waals surface area contributed by atoms with Crippen molar-refractivity contribution in [3.63, 3.8) is 0 Å². The smallest absolute Gasteiger partial charge is 0.310 e. The maximum absolute atomic E-state index is 12.0. The molecule has 2 N–H and O–H groups in total. The number of hydrogen-bond acceptors (Lipinski definition) is 5. The topological polar surface area (TPSA) is 122 Å². The number of hydrogen-bond donors (Lipinski definition) is 2. The third kappa shape index (κ3) is 3.34. The lowest BCUT2D eigenvalue weighted by molar-refractivity contribution is -0.385. The van der Waals surface area contributed by atoms with E-state index in [0.29, 0.717) is 0 Å². The Labute approximate surface area is 123 Å². The van der Waals surface area contributed by atoms with Gasteiger partial charge >= 0.3 is 5.97 Å². The van der Waals surface area contributed by atoms with Crippen molar-refractivity contribution in [2.45, 2.75) is 12.5 Å². The average Bonchev–Trinajstić information content (AvgIpc) is 2.87. The number of amides is 1. The number of aliphatic carboxylic acids is 1. The van der Waals surface area contributed by atoms with E-state index in [-0.39, 0.29) is 22.8 Å². The van der Waals surface area contributed by atoms with Crippen molar-refractivity contribution in [1.82, 2.24) is 10.3 Å². The third-order valence-corrected chi connectivity index (χ3v) is 3.30. The quantitative estimate of drug-likeness (QED) is 0.375. The van der Waals surface area contributed by atoms with Gasteiger partial charge in [0, 0.05) is 12.1 Å². The third-order valence-electron chi connectivity index (χ3n) is 3.00. The Kier molecular flexibility index (Phi) is 4.18. The molecule has 1 aromatic heterocycles. The number of halogens is 1. The lowest BCUT2D eigenvalue weighted by Gasteiger charge is -2.12. The molecule has 2 unspecified atom stereocenters. The monoisotopic (exact) mass is 311 g/mol. The van der Waals surface area contributed by atoms with Gasteiger partial charge in [-0.1, -0.05) is 23.8 Å². The molecule has 0 fully saturated rings. The Balaban J connectivity index is 2.11. The molecule has 1 amide bonds. The van der Waals surface area contributed by atoms with Gasteiger partial charge in [-0.25, -0.2) is 4.98 Å². The zero-order valence-electron chi connectivity index (χ0n) is 10.5. The number of carboxylic acid groups (broad SMARTS) is 1. The number of pyridine rings is 1. The summed E-state index contributed by atoms with van der Waals surface area (Å²) in [6, 6.07) is 0.562. The Hall–Kier alpha value is -2.48. The number of rotatable bonds is 4. The molecule has 0 spiro atoms. The Bertz CT molecular complexity index is 646. The van der Waals surface area contributed by atoms with Crippen LogP contribution in [0.3, 0.4) is 0 Å². The molecule has 1 aromatic rings. The largest absolute Gasteiger partial charge is 0.481 e. The van der Waals surface area contributed by atoms with Gasteiger partial charge in [0.05, 0.1) is 16.4 Å². The van der Waals surface area contributed by atoms with E-state index in [2.05, 4.69) is 10.3 Å². The second-order valence-corrected chi connectivity index (χ2v) is 4.79. The number of carboxylic acids is 1. The van der Waals surface area contributed by atoms with Gasteiger partial charge in [0.15, 0.2) is 0 Å². The highest BCUT2D eigenvalue weighted by molar-refractivity contribution is 6.32. The van der Waals surface area contributed by atoms with Crippen LogP contribution in [-0.4, -0.2) is 32.9 Å². The van der Waals surface area contributed by atoms with Crippen molar-refractivity contribution in [1.29, 1.82) is 0 Å². The molecule has 1 heterocycles. The molecule has 1 aliphatic carbocycles. The predicted molar refractivity (Wildman–Crippen MR) is 72.0 cm³/mol. The van der Waals surface area contributed by atoms with E-state index in [1.165, 1.54) is 6.08 Å². The first-order chi connectivity index (χ1) is 9.88. The molecule has 0 bridgehead atoms. The molecule has 1 aliphatic rings. The number of aromatic nitrogens is 1. The molecule has 2 rings (SSSR count). The van der Waals surface area contributed by atoms with Gasteiger partial charge in [-0.2, -0.15) is 0 Å². The van der Waals surface area contributed by atoms with Crippen LogP contribution in [0.5, 0.6) is 0 Å². The van der Waals surface area contributed by atoms with Crippen molar-refractivity contribution in [2.75, 3.05) is 0 Å². The van der Waals surface area contributed by atoms with E-state index in [4.69, 9.17) is 16.7 Å². The Morgan fingerprint density at radius 3 is 2.76 bits per heavy atom. The summed E-state index contributed by atoms with van der Waals surface area (Å²) >= 11 is 5.75. The SMILES string of the molecule is O=C(NC1C=CC(C(=O)O)C1)c1cc([N+](=O)[O-])cnc1Cl. The van der Waals surface area contributed by atoms with Gasteiger partial charge in [0.2, 0.25) is 0 Å². The highest BCUT2D eigenvalue weighted by atomic mass is 35.5. The number of nitro groups is 1. The Morgan fingerprint density at radius 1 is 1.48 bits per heavy atom. The van der Waals surface area contributed by atoms with Gasteiger partial charge in [-0.3, -0.25) is 19.7 Å². The number of nitrogens with one attached hydrogen (secondary N) is 1. The molecule has 0 aliphatic heterocycles. The predicted octanol–water partition coefficient (Wildman–Crippen LogP) is 1.40. The van der Waals surface area contributed by atoms with Gasteiger partial charge in [0.1, 0.15) is 11.3 Å². The second kappa shape index (κ2) is 5.88. The summed E-state index contributed by atoms with van der Waals surface area (Å²) in [6.45, 7) is 0. The first-order valence-electron chi connectivity index (χ1n) is 5.90. The molecule has 0 saturated carbocycles. The van der Waals surface area contributed by atoms with Crippen LogP contribution in [0.2, 0.25) is 5.15 Å². The second-order valence-electron chi connectivity index (χ2n) is 4.43. The zero-order valence-corrected chi connectivity index (χ0v) is 11.3. The van der Waals surface area contributed by atoms with Crippen molar-refractivity contribution in [2.24, 2.45) is 5.92 Å². The molecule has 0 radical (unpaired) electrons. The highest BCUT2D eigenvalue weighted by Gasteiger charge is 2.26. The van der Waals surface area contributed by atoms with E-state index in [1.807, 2.05) is 0 Å². The summed E-state index contributed by atoms with van der Waals surface area (Å²) in [5.74, 6) is -2.27. The van der Waals surface area contributed by atoms with Crippen molar-refractivity contribution in [3.05, 3.63) is 45.2 Å². The van der Waals surface area contributed by atoms with Crippen LogP contribution >= 0.6 is 11.6 Å². The van der Waals surface area contributed by atoms with Gasteiger partial charge in [-0.15, -0.1) is 0 Å². The summed E-state index contributed by atoms with van der Waals surface area (Å²) in [5, 5.41) is 21.9. The fraction of sp³-hybridized carbons (Fsp3) is 0.250. The summed E-state index contributed by atoms with van der Waals surface area (Å²) in [4.78, 5) is 36.4. The highest BCUT2D eigenvalue weighted by Crippen LogP contribution is 2.21. The molecule has 8 nitrogen and oxygen atoms in total. The molecular weight excluding hydrogens is 302 g/mol. The maximum Gasteiger partial charge on any atom is 0.310 e. The lowest BCUT2D eigenvalue weighted by Crippen LogP contribution is -2.33. The minimum Gasteiger partial charge on any atom is -0.481 e. The van der Waals surface area contributed by atoms with E-state index in [0.717, 1.165) is 12.3 Å². The van der Waals surface area contributed by atoms with Crippen molar-refractivity contribution >= 4 is 29.2 Å². The molecule has 2 atom stereocenters. The number of nitrogens with zero attached hydrogens (tertiary/aromatic N) is 2. The summed E-state index contributed by atoms with van der Waals surface area (Å²) < 4.78 is 0. The van der Waals surface area contributed by atoms with Crippen molar-refractivity contribution in [3.8, 4) is 0 Å². The van der Waals surface area contributed by atoms with Crippen LogP contribution in [0.4, 0.5) is 5.69 Å². The summed E-state index contributed by atoms with van der Waals surface area (Å²) in [7, 11) is 0. The molecule has 0 aromatic carbocycles. The van der Waals surface area contributed by atoms with Crippen LogP contribution < -0.4 is 5.32 Å². The fourth-order valence-corrected chi connectivity index (χ4v) is 2.12. The van der Waals surface area contributed by atoms with Crippen LogP contribution in [0, 0.1) is 16.0 Å². The fourth-order valence-electron chi connectivity index (χ4n) is 1.93. The molecule has 21 heavy (non-hydrogen) atoms. The van der Waals surface area contributed by atoms with Gasteiger partial charge in [-0.05, 0) is 6.42 Å². The minimum absolute atomic E-state index is 0.127. The lowest BCUT2D eigenvalue weighted by atomic mass is 10.1. The number of carbonyl (C=O) groups excluding carboxylic acids is 1. The molecule has 110 valence electrons. The first-order valence-corrected chi connectivity index (χ1v) is 6.28. The Morgan fingerprint density at radius 2 is 2.19 bits per heavy atom. The maximum atomic E-state index is 12.0. The van der Waals surface area contributed by atoms with Crippen LogP contribution in [-0.2, 0) is 4.79 Å².